The van der Waals surface area contributed by atoms with E-state index >= 15 is 0 Å². The van der Waals surface area contributed by atoms with Crippen LogP contribution in [0.25, 0.3) is 16.5 Å². The predicted molar refractivity (Wildman–Crippen MR) is 68.8 cm³/mol. The summed E-state index contributed by atoms with van der Waals surface area (Å²) in [6.45, 7) is 0. The second kappa shape index (κ2) is 3.76. The maximum Gasteiger partial charge on any atom is 0.109 e. The Morgan fingerprint density at radius 1 is 0.938 bits per heavy atom. The van der Waals surface area contributed by atoms with E-state index in [1.54, 1.807) is 6.20 Å². The average Bonchev–Trinajstić information content (AvgIpc) is 2.75. The summed E-state index contributed by atoms with van der Waals surface area (Å²) in [5.74, 6) is 0. The van der Waals surface area contributed by atoms with Gasteiger partial charge in [-0.1, -0.05) is 36.4 Å². The molecule has 0 radical (unpaired) electrons. The monoisotopic (exact) mass is 272 g/mol. The van der Waals surface area contributed by atoms with E-state index in [0.717, 1.165) is 10.3 Å². The van der Waals surface area contributed by atoms with Gasteiger partial charge in [-0.2, -0.15) is 5.10 Å². The largest absolute Gasteiger partial charge is 0.226 e. The van der Waals surface area contributed by atoms with Gasteiger partial charge >= 0.3 is 0 Å². The Morgan fingerprint density at radius 2 is 1.75 bits per heavy atom. The molecule has 2 nitrogen and oxygen atoms in total. The fourth-order valence-electron chi connectivity index (χ4n) is 1.86. The lowest BCUT2D eigenvalue weighted by atomic mass is 10.1. The van der Waals surface area contributed by atoms with Crippen LogP contribution in [0.3, 0.4) is 0 Å². The first-order valence-electron chi connectivity index (χ1n) is 5.04. The molecule has 0 amide bonds. The Labute approximate surface area is 102 Å². The topological polar surface area (TPSA) is 17.8 Å². The maximum atomic E-state index is 4.31. The van der Waals surface area contributed by atoms with Gasteiger partial charge in [-0.25, -0.2) is 4.68 Å². The van der Waals surface area contributed by atoms with Crippen LogP contribution in [0.5, 0.6) is 0 Å². The fourth-order valence-corrected chi connectivity index (χ4v) is 2.26. The minimum atomic E-state index is 0.962. The molecule has 0 aliphatic rings. The molecule has 0 aliphatic heterocycles. The Bertz CT molecular complexity index is 638. The van der Waals surface area contributed by atoms with Crippen LogP contribution in [0.15, 0.2) is 59.3 Å². The van der Waals surface area contributed by atoms with Crippen LogP contribution in [-0.4, -0.2) is 9.78 Å². The van der Waals surface area contributed by atoms with Crippen LogP contribution in [0.4, 0.5) is 0 Å². The SMILES string of the molecule is Brc1ccnn1-c1cccc2ccccc12. The molecule has 0 aliphatic carbocycles. The molecule has 0 atom stereocenters. The van der Waals surface area contributed by atoms with Crippen molar-refractivity contribution in [2.45, 2.75) is 0 Å². The summed E-state index contributed by atoms with van der Waals surface area (Å²) in [5, 5.41) is 6.73. The number of halogens is 1. The molecule has 16 heavy (non-hydrogen) atoms. The number of fused-ring (bicyclic) bond motifs is 1. The summed E-state index contributed by atoms with van der Waals surface area (Å²) >= 11 is 3.49. The smallest absolute Gasteiger partial charge is 0.109 e. The first-order valence-corrected chi connectivity index (χ1v) is 5.83. The van der Waals surface area contributed by atoms with Crippen molar-refractivity contribution in [3.63, 3.8) is 0 Å². The van der Waals surface area contributed by atoms with Gasteiger partial charge in [-0.3, -0.25) is 0 Å². The van der Waals surface area contributed by atoms with E-state index in [0.29, 0.717) is 0 Å². The lowest BCUT2D eigenvalue weighted by molar-refractivity contribution is 0.868. The molecule has 1 heterocycles. The second-order valence-corrected chi connectivity index (χ2v) is 4.38. The third-order valence-electron chi connectivity index (χ3n) is 2.59. The normalized spacial score (nSPS) is 10.8. The number of benzene rings is 2. The maximum absolute atomic E-state index is 4.31. The van der Waals surface area contributed by atoms with E-state index in [1.807, 2.05) is 28.9 Å². The highest BCUT2D eigenvalue weighted by molar-refractivity contribution is 9.10. The van der Waals surface area contributed by atoms with Crippen molar-refractivity contribution in [1.29, 1.82) is 0 Å². The Kier molecular flexibility index (Phi) is 2.26. The summed E-state index contributed by atoms with van der Waals surface area (Å²) < 4.78 is 2.85. The van der Waals surface area contributed by atoms with Gasteiger partial charge in [-0.05, 0) is 33.4 Å². The fraction of sp³-hybridized carbons (Fsp3) is 0. The van der Waals surface area contributed by atoms with Crippen molar-refractivity contribution in [1.82, 2.24) is 9.78 Å². The number of rotatable bonds is 1. The number of aromatic nitrogens is 2. The number of hydrogen-bond acceptors (Lipinski definition) is 1. The molecule has 3 rings (SSSR count). The standard InChI is InChI=1S/C13H9BrN2/c14-13-8-9-15-16(13)12-7-3-5-10-4-1-2-6-11(10)12/h1-9H. The third-order valence-corrected chi connectivity index (χ3v) is 3.19. The molecule has 3 heteroatoms. The highest BCUT2D eigenvalue weighted by atomic mass is 79.9. The predicted octanol–water partition coefficient (Wildman–Crippen LogP) is 3.79. The van der Waals surface area contributed by atoms with Gasteiger partial charge in [0.1, 0.15) is 4.60 Å². The molecular weight excluding hydrogens is 264 g/mol. The summed E-state index contributed by atoms with van der Waals surface area (Å²) in [7, 11) is 0. The molecular formula is C13H9BrN2. The highest BCUT2D eigenvalue weighted by Gasteiger charge is 2.05. The van der Waals surface area contributed by atoms with Gasteiger partial charge in [0.15, 0.2) is 0 Å². The molecule has 3 aromatic rings. The van der Waals surface area contributed by atoms with E-state index in [1.165, 1.54) is 10.8 Å². The van der Waals surface area contributed by atoms with E-state index in [2.05, 4.69) is 45.3 Å². The Balaban J connectivity index is 2.36. The van der Waals surface area contributed by atoms with Crippen LogP contribution in [0.2, 0.25) is 0 Å². The van der Waals surface area contributed by atoms with Crippen molar-refractivity contribution < 1.29 is 0 Å². The van der Waals surface area contributed by atoms with Gasteiger partial charge in [0.25, 0.3) is 0 Å². The zero-order valence-corrected chi connectivity index (χ0v) is 10.1. The molecule has 0 bridgehead atoms. The first kappa shape index (κ1) is 9.60. The number of hydrogen-bond donors (Lipinski definition) is 0. The minimum Gasteiger partial charge on any atom is -0.226 e. The van der Waals surface area contributed by atoms with Crippen molar-refractivity contribution in [2.24, 2.45) is 0 Å². The van der Waals surface area contributed by atoms with Crippen molar-refractivity contribution >= 4 is 26.7 Å². The van der Waals surface area contributed by atoms with Gasteiger partial charge in [-0.15, -0.1) is 0 Å². The first-order chi connectivity index (χ1) is 7.86. The molecule has 1 aromatic heterocycles. The van der Waals surface area contributed by atoms with Crippen molar-refractivity contribution in [3.8, 4) is 5.69 Å². The summed E-state index contributed by atoms with van der Waals surface area (Å²) in [4.78, 5) is 0. The Morgan fingerprint density at radius 3 is 2.56 bits per heavy atom. The quantitative estimate of drug-likeness (QED) is 0.659. The zero-order valence-electron chi connectivity index (χ0n) is 8.47. The van der Waals surface area contributed by atoms with E-state index in [4.69, 9.17) is 0 Å². The van der Waals surface area contributed by atoms with Gasteiger partial charge < -0.3 is 0 Å². The van der Waals surface area contributed by atoms with Crippen LogP contribution in [0, 0.1) is 0 Å². The summed E-state index contributed by atoms with van der Waals surface area (Å²) in [6.07, 6.45) is 1.78. The summed E-state index contributed by atoms with van der Waals surface area (Å²) in [5.41, 5.74) is 1.09. The van der Waals surface area contributed by atoms with Gasteiger partial charge in [0, 0.05) is 5.39 Å². The molecule has 0 spiro atoms. The summed E-state index contributed by atoms with van der Waals surface area (Å²) in [6, 6.07) is 16.5. The third kappa shape index (κ3) is 1.44. The zero-order chi connectivity index (χ0) is 11.0. The lowest BCUT2D eigenvalue weighted by Crippen LogP contribution is -1.96. The Hall–Kier alpha value is -1.61. The van der Waals surface area contributed by atoms with Crippen LogP contribution < -0.4 is 0 Å². The van der Waals surface area contributed by atoms with Crippen LogP contribution in [-0.2, 0) is 0 Å². The van der Waals surface area contributed by atoms with Crippen molar-refractivity contribution in [2.75, 3.05) is 0 Å². The molecule has 0 unspecified atom stereocenters. The lowest BCUT2D eigenvalue weighted by Gasteiger charge is -2.07. The molecule has 78 valence electrons. The molecule has 0 saturated carbocycles. The minimum absolute atomic E-state index is 0.962. The average molecular weight is 273 g/mol. The second-order valence-electron chi connectivity index (χ2n) is 3.56. The molecule has 0 saturated heterocycles. The number of nitrogens with zero attached hydrogens (tertiary/aromatic N) is 2. The highest BCUT2D eigenvalue weighted by Crippen LogP contribution is 2.24. The van der Waals surface area contributed by atoms with E-state index in [9.17, 15) is 0 Å². The van der Waals surface area contributed by atoms with Crippen LogP contribution >= 0.6 is 15.9 Å². The van der Waals surface area contributed by atoms with Crippen LogP contribution in [0.1, 0.15) is 0 Å². The molecule has 2 aromatic carbocycles. The van der Waals surface area contributed by atoms with E-state index < -0.39 is 0 Å². The van der Waals surface area contributed by atoms with Gasteiger partial charge in [0.05, 0.1) is 11.9 Å². The van der Waals surface area contributed by atoms with E-state index in [-0.39, 0.29) is 0 Å². The molecule has 0 fully saturated rings. The molecule has 0 N–H and O–H groups in total. The van der Waals surface area contributed by atoms with Gasteiger partial charge in [0.2, 0.25) is 0 Å². The van der Waals surface area contributed by atoms with Crippen molar-refractivity contribution in [3.05, 3.63) is 59.3 Å².